The van der Waals surface area contributed by atoms with Crippen LogP contribution in [0, 0.1) is 27.7 Å². The van der Waals surface area contributed by atoms with Gasteiger partial charge in [-0.15, -0.1) is 33.0 Å². The molecular weight excluding hydrogens is 995 g/mol. The number of rotatable bonds is 13. The molecule has 71 heavy (non-hydrogen) atoms. The Morgan fingerprint density at radius 3 is 1.83 bits per heavy atom. The molecule has 3 N–H and O–H groups in total. The van der Waals surface area contributed by atoms with Gasteiger partial charge in [0, 0.05) is 83.2 Å². The molecule has 3 unspecified atom stereocenters. The number of hydrogen-bond donors (Lipinski definition) is 3. The van der Waals surface area contributed by atoms with E-state index >= 15 is 0 Å². The summed E-state index contributed by atoms with van der Waals surface area (Å²) in [5.74, 6) is 2.41. The van der Waals surface area contributed by atoms with E-state index in [1.807, 2.05) is 24.8 Å². The largest absolute Gasteiger partial charge is 0.507 e. The third-order valence-corrected chi connectivity index (χ3v) is 16.5. The monoisotopic (exact) mass is 1060 g/mol. The summed E-state index contributed by atoms with van der Waals surface area (Å²) < 4.78 is 67.5. The minimum absolute atomic E-state index is 0.0805. The van der Waals surface area contributed by atoms with Crippen LogP contribution in [0.4, 0.5) is 5.69 Å². The van der Waals surface area contributed by atoms with Crippen LogP contribution in [0.15, 0.2) is 78.1 Å². The highest BCUT2D eigenvalue weighted by Gasteiger charge is 2.33. The number of hydrogen-bond acceptors (Lipinski definition) is 16. The number of aromatic nitrogens is 2. The smallest absolute Gasteiger partial charge is 0.293 e. The first-order chi connectivity index (χ1) is 33.3. The molecule has 0 aliphatic carbocycles. The number of methoxy groups -OCH3 is 2. The van der Waals surface area contributed by atoms with E-state index in [4.69, 9.17) is 18.5 Å². The molecule has 392 valence electrons. The number of carbonyl (C=O) groups is 1. The lowest BCUT2D eigenvalue weighted by Gasteiger charge is -2.16. The Morgan fingerprint density at radius 2 is 1.44 bits per heavy atom. The standard InChI is InChI=1S/C16H20N2O4.C15H20N2O5S.C12H18N2O3S2.C5H11NS/c1-10-8-12(15(19)17(3)4)6-7-14(10)18-16(20)13(9-21-5)11(2)22-18;1-10-8-12(23(19,20)16(3)4)6-7-14(10)17-15(18)13(9-21-5)11(2)22-17;1-12(2)7-13-11(18-12)9-5-4-8(6-10(9)15)14-19(16)17-3;1-5-6(2)3-4-7-5/h6-8H,9H2,1-5H3;6-8H,9H2,1-5H3;4-6,11,13-15H,7H2,1-3H3;5H,3-4H2,1-2H3. The van der Waals surface area contributed by atoms with E-state index in [-0.39, 0.29) is 51.0 Å². The number of phenolic OH excluding ortho intramolecular Hbond substituents is 1. The van der Waals surface area contributed by atoms with Crippen LogP contribution in [0.1, 0.15) is 75.8 Å². The molecule has 4 heterocycles. The van der Waals surface area contributed by atoms with Crippen molar-refractivity contribution in [2.24, 2.45) is 0 Å². The first-order valence-electron chi connectivity index (χ1n) is 22.3. The van der Waals surface area contributed by atoms with Gasteiger partial charge in [0.2, 0.25) is 10.0 Å². The average Bonchev–Trinajstić information content (AvgIpc) is 4.04. The zero-order valence-corrected chi connectivity index (χ0v) is 46.5. The molecule has 23 heteroatoms. The number of thioether (sulfide) groups is 2. The normalized spacial score (nSPS) is 16.8. The third kappa shape index (κ3) is 15.2. The van der Waals surface area contributed by atoms with Gasteiger partial charge in [-0.25, -0.2) is 16.9 Å². The molecule has 0 saturated carbocycles. The van der Waals surface area contributed by atoms with Crippen LogP contribution in [0.2, 0.25) is 0 Å². The summed E-state index contributed by atoms with van der Waals surface area (Å²) in [4.78, 5) is 40.8. The number of ether oxygens (including phenoxy) is 2. The number of benzene rings is 3. The molecule has 3 atom stereocenters. The van der Waals surface area contributed by atoms with Crippen molar-refractivity contribution < 1.29 is 45.2 Å². The van der Waals surface area contributed by atoms with E-state index in [0.717, 1.165) is 32.1 Å². The Hall–Kier alpha value is -4.69. The van der Waals surface area contributed by atoms with Crippen LogP contribution in [-0.2, 0) is 48.2 Å². The first-order valence-corrected chi connectivity index (χ1v) is 26.8. The lowest BCUT2D eigenvalue weighted by atomic mass is 10.1. The fourth-order valence-electron chi connectivity index (χ4n) is 7.00. The Morgan fingerprint density at radius 1 is 0.887 bits per heavy atom. The Kier molecular flexibility index (Phi) is 21.4. The van der Waals surface area contributed by atoms with Crippen molar-refractivity contribution in [1.29, 1.82) is 0 Å². The minimum atomic E-state index is -3.52. The summed E-state index contributed by atoms with van der Waals surface area (Å²) in [6, 6.07) is 14.8. The van der Waals surface area contributed by atoms with E-state index in [1.54, 1.807) is 83.0 Å². The zero-order chi connectivity index (χ0) is 53.1. The SMILES string of the molecule is CC1SCCN1C.COCc1c(C)on(-c2ccc(C(=O)N(C)C)cc2C)c1=O.COCc1c(C)on(-c2ccc(S(=O)(=O)N(C)C)cc2C)c1=O.COS(=O)Nc1ccc(C2NCC(C)(C)S2)c(O)c1. The summed E-state index contributed by atoms with van der Waals surface area (Å²) in [6.07, 6.45) is 0. The number of sulfonamides is 1. The third-order valence-electron chi connectivity index (χ3n) is 11.2. The van der Waals surface area contributed by atoms with Gasteiger partial charge in [0.05, 0.1) is 64.2 Å². The van der Waals surface area contributed by atoms with Gasteiger partial charge < -0.3 is 33.8 Å². The van der Waals surface area contributed by atoms with Crippen LogP contribution in [0.25, 0.3) is 11.4 Å². The maximum atomic E-state index is 12.4. The van der Waals surface area contributed by atoms with E-state index < -0.39 is 21.3 Å². The van der Waals surface area contributed by atoms with Crippen LogP contribution in [-0.4, -0.2) is 133 Å². The molecule has 1 amide bonds. The summed E-state index contributed by atoms with van der Waals surface area (Å²) in [5.41, 5.74) is 4.87. The van der Waals surface area contributed by atoms with Crippen molar-refractivity contribution in [3.8, 4) is 17.1 Å². The molecule has 2 aliphatic heterocycles. The number of carbonyl (C=O) groups excluding carboxylic acids is 1. The molecule has 2 fully saturated rings. The fraction of sp³-hybridized carbons (Fsp3) is 0.479. The lowest BCUT2D eigenvalue weighted by Crippen LogP contribution is -2.22. The molecule has 19 nitrogen and oxygen atoms in total. The summed E-state index contributed by atoms with van der Waals surface area (Å²) in [6.45, 7) is 16.1. The summed E-state index contributed by atoms with van der Waals surface area (Å²) in [7, 11) is 9.36. The zero-order valence-electron chi connectivity index (χ0n) is 43.2. The van der Waals surface area contributed by atoms with Crippen molar-refractivity contribution in [3.05, 3.63) is 120 Å². The Balaban J connectivity index is 0.000000217. The van der Waals surface area contributed by atoms with Gasteiger partial charge in [-0.05, 0) is 109 Å². The number of aromatic hydroxyl groups is 1. The van der Waals surface area contributed by atoms with Crippen molar-refractivity contribution in [2.45, 2.75) is 82.1 Å². The summed E-state index contributed by atoms with van der Waals surface area (Å²) in [5, 5.41) is 14.3. The molecule has 2 saturated heterocycles. The molecule has 7 rings (SSSR count). The van der Waals surface area contributed by atoms with E-state index in [1.165, 1.54) is 69.5 Å². The maximum Gasteiger partial charge on any atom is 0.293 e. The van der Waals surface area contributed by atoms with Crippen molar-refractivity contribution in [1.82, 2.24) is 28.9 Å². The van der Waals surface area contributed by atoms with Crippen molar-refractivity contribution in [2.75, 3.05) is 80.1 Å². The minimum Gasteiger partial charge on any atom is -0.507 e. The lowest BCUT2D eigenvalue weighted by molar-refractivity contribution is 0.0827. The van der Waals surface area contributed by atoms with Crippen LogP contribution in [0.3, 0.4) is 0 Å². The molecule has 2 aromatic heterocycles. The van der Waals surface area contributed by atoms with E-state index in [0.29, 0.717) is 50.8 Å². The second-order valence-electron chi connectivity index (χ2n) is 17.6. The van der Waals surface area contributed by atoms with Gasteiger partial charge in [-0.3, -0.25) is 28.2 Å². The average molecular weight is 1060 g/mol. The number of phenols is 1. The highest BCUT2D eigenvalue weighted by molar-refractivity contribution is 8.01. The van der Waals surface area contributed by atoms with Gasteiger partial charge in [0.15, 0.2) is 0 Å². The van der Waals surface area contributed by atoms with Crippen molar-refractivity contribution >= 4 is 56.4 Å². The fourth-order valence-corrected chi connectivity index (χ4v) is 10.8. The van der Waals surface area contributed by atoms with Gasteiger partial charge in [-0.2, -0.15) is 0 Å². The van der Waals surface area contributed by atoms with Crippen LogP contribution in [0.5, 0.6) is 5.75 Å². The second kappa shape index (κ2) is 25.8. The molecule has 0 spiro atoms. The number of amides is 1. The number of aryl methyl sites for hydroxylation is 4. The van der Waals surface area contributed by atoms with Gasteiger partial charge in [0.1, 0.15) is 17.3 Å². The predicted molar refractivity (Wildman–Crippen MR) is 282 cm³/mol. The quantitative estimate of drug-likeness (QED) is 0.115. The number of nitrogens with zero attached hydrogens (tertiary/aromatic N) is 5. The Bertz CT molecular complexity index is 2870. The second-order valence-corrected chi connectivity index (χ2v) is 24.0. The molecule has 5 aromatic rings. The van der Waals surface area contributed by atoms with Crippen LogP contribution >= 0.6 is 23.5 Å². The van der Waals surface area contributed by atoms with Gasteiger partial charge in [-0.1, -0.05) is 6.07 Å². The number of anilines is 1. The molecular formula is C48H69N7O12S4. The van der Waals surface area contributed by atoms with Crippen molar-refractivity contribution in [3.63, 3.8) is 0 Å². The van der Waals surface area contributed by atoms with E-state index in [9.17, 15) is 32.1 Å². The van der Waals surface area contributed by atoms with Crippen LogP contribution < -0.4 is 21.2 Å². The predicted octanol–water partition coefficient (Wildman–Crippen LogP) is 6.49. The first kappa shape index (κ1) is 58.9. The molecule has 2 aliphatic rings. The topological polar surface area (TPSA) is 220 Å². The Labute approximate surface area is 427 Å². The van der Waals surface area contributed by atoms with Gasteiger partial charge in [0.25, 0.3) is 28.3 Å². The highest BCUT2D eigenvalue weighted by atomic mass is 32.2. The number of nitrogens with one attached hydrogen (secondary N) is 2. The molecule has 0 radical (unpaired) electrons. The maximum absolute atomic E-state index is 12.4. The van der Waals surface area contributed by atoms with Gasteiger partial charge >= 0.3 is 0 Å². The van der Waals surface area contributed by atoms with E-state index in [2.05, 4.69) is 46.9 Å². The molecule has 0 bridgehead atoms. The summed E-state index contributed by atoms with van der Waals surface area (Å²) >= 11 is 2.23. The molecule has 3 aromatic carbocycles. The highest BCUT2D eigenvalue weighted by Crippen LogP contribution is 2.45.